The molecule has 0 bridgehead atoms. The fourth-order valence-corrected chi connectivity index (χ4v) is 4.73. The number of benzene rings is 2. The topological polar surface area (TPSA) is 86.8 Å². The number of carbonyl (C=O) groups is 2. The lowest BCUT2D eigenvalue weighted by molar-refractivity contribution is -0.140. The van der Waals surface area contributed by atoms with E-state index in [1.807, 2.05) is 38.1 Å². The molecule has 0 heterocycles. The van der Waals surface area contributed by atoms with E-state index in [-0.39, 0.29) is 43.4 Å². The summed E-state index contributed by atoms with van der Waals surface area (Å²) in [5, 5.41) is 2.85. The number of anilines is 1. The van der Waals surface area contributed by atoms with Gasteiger partial charge in [-0.2, -0.15) is 0 Å². The molecular formula is C26H35F2N3O4S. The molecule has 0 radical (unpaired) electrons. The van der Waals surface area contributed by atoms with Gasteiger partial charge in [-0.15, -0.1) is 0 Å². The number of nitrogens with one attached hydrogen (secondary N) is 1. The largest absolute Gasteiger partial charge is 0.354 e. The van der Waals surface area contributed by atoms with Crippen molar-refractivity contribution in [3.8, 4) is 0 Å². The Kier molecular flexibility index (Phi) is 10.8. The third kappa shape index (κ3) is 8.58. The highest BCUT2D eigenvalue weighted by molar-refractivity contribution is 7.92. The smallest absolute Gasteiger partial charge is 0.242 e. The molecule has 2 aromatic carbocycles. The molecule has 10 heteroatoms. The second-order valence-electron chi connectivity index (χ2n) is 8.87. The molecule has 0 saturated heterocycles. The van der Waals surface area contributed by atoms with Crippen molar-refractivity contribution in [2.75, 3.05) is 23.7 Å². The van der Waals surface area contributed by atoms with Crippen LogP contribution in [-0.4, -0.2) is 50.5 Å². The Morgan fingerprint density at radius 1 is 1.06 bits per heavy atom. The number of nitrogens with zero attached hydrogens (tertiary/aromatic N) is 2. The number of hydrogen-bond donors (Lipinski definition) is 1. The van der Waals surface area contributed by atoms with E-state index in [1.54, 1.807) is 6.92 Å². The molecule has 2 rings (SSSR count). The molecule has 7 nitrogen and oxygen atoms in total. The second-order valence-corrected chi connectivity index (χ2v) is 10.8. The quantitative estimate of drug-likeness (QED) is 0.400. The van der Waals surface area contributed by atoms with Crippen molar-refractivity contribution in [2.45, 2.75) is 59.0 Å². The van der Waals surface area contributed by atoms with Gasteiger partial charge < -0.3 is 10.2 Å². The summed E-state index contributed by atoms with van der Waals surface area (Å²) >= 11 is 0. The lowest BCUT2D eigenvalue weighted by atomic mass is 10.1. The van der Waals surface area contributed by atoms with E-state index in [4.69, 9.17) is 0 Å². The van der Waals surface area contributed by atoms with Crippen LogP contribution in [0.3, 0.4) is 0 Å². The van der Waals surface area contributed by atoms with Crippen LogP contribution in [-0.2, 0) is 26.2 Å². The van der Waals surface area contributed by atoms with Crippen molar-refractivity contribution >= 4 is 27.5 Å². The summed E-state index contributed by atoms with van der Waals surface area (Å²) < 4.78 is 52.6. The third-order valence-electron chi connectivity index (χ3n) is 5.78. The van der Waals surface area contributed by atoms with E-state index in [9.17, 15) is 26.8 Å². The van der Waals surface area contributed by atoms with Gasteiger partial charge in [-0.1, -0.05) is 43.2 Å². The molecule has 0 spiro atoms. The Balaban J connectivity index is 2.16. The summed E-state index contributed by atoms with van der Waals surface area (Å²) in [5.41, 5.74) is 1.87. The zero-order chi connectivity index (χ0) is 26.9. The van der Waals surface area contributed by atoms with Gasteiger partial charge in [0.2, 0.25) is 21.8 Å². The zero-order valence-electron chi connectivity index (χ0n) is 21.3. The molecule has 2 aromatic rings. The highest BCUT2D eigenvalue weighted by atomic mass is 32.2. The molecule has 0 saturated carbocycles. The van der Waals surface area contributed by atoms with Gasteiger partial charge in [0.1, 0.15) is 6.04 Å². The predicted molar refractivity (Wildman–Crippen MR) is 137 cm³/mol. The van der Waals surface area contributed by atoms with Gasteiger partial charge in [-0.3, -0.25) is 13.9 Å². The molecular weight excluding hydrogens is 488 g/mol. The lowest BCUT2D eigenvalue weighted by Crippen LogP contribution is -2.48. The zero-order valence-corrected chi connectivity index (χ0v) is 22.1. The predicted octanol–water partition coefficient (Wildman–Crippen LogP) is 4.15. The summed E-state index contributed by atoms with van der Waals surface area (Å²) in [6.45, 7) is 6.26. The first kappa shape index (κ1) is 29.2. The minimum Gasteiger partial charge on any atom is -0.354 e. The number of sulfonamides is 1. The first-order chi connectivity index (χ1) is 16.9. The molecule has 1 N–H and O–H groups in total. The van der Waals surface area contributed by atoms with Crippen LogP contribution in [0, 0.1) is 18.6 Å². The maximum atomic E-state index is 13.7. The Labute approximate surface area is 212 Å². The van der Waals surface area contributed by atoms with Crippen LogP contribution >= 0.6 is 0 Å². The maximum absolute atomic E-state index is 13.7. The standard InChI is InChI=1S/C26H35F2N3O4S/c1-5-6-14-29-26(33)20(3)30(18-21-10-7-9-19(2)16-21)25(32)11-8-15-31(36(4,34)35)22-12-13-23(27)24(28)17-22/h7,9-10,12-13,16-17,20H,5-6,8,11,14-15,18H2,1-4H3,(H,29,33). The van der Waals surface area contributed by atoms with Crippen molar-refractivity contribution in [3.05, 3.63) is 65.2 Å². The van der Waals surface area contributed by atoms with Crippen LogP contribution in [0.2, 0.25) is 0 Å². The van der Waals surface area contributed by atoms with E-state index >= 15 is 0 Å². The fraction of sp³-hybridized carbons (Fsp3) is 0.462. The Morgan fingerprint density at radius 3 is 2.39 bits per heavy atom. The van der Waals surface area contributed by atoms with Crippen LogP contribution in [0.5, 0.6) is 0 Å². The number of unbranched alkanes of at least 4 members (excludes halogenated alkanes) is 1. The molecule has 0 aliphatic carbocycles. The number of hydrogen-bond acceptors (Lipinski definition) is 4. The Bertz CT molecular complexity index is 1160. The summed E-state index contributed by atoms with van der Waals surface area (Å²) in [7, 11) is -3.81. The Hall–Kier alpha value is -3.01. The van der Waals surface area contributed by atoms with Gasteiger partial charge in [0.15, 0.2) is 11.6 Å². The lowest BCUT2D eigenvalue weighted by Gasteiger charge is -2.29. The molecule has 1 unspecified atom stereocenters. The van der Waals surface area contributed by atoms with Crippen LogP contribution < -0.4 is 9.62 Å². The highest BCUT2D eigenvalue weighted by Crippen LogP contribution is 2.21. The summed E-state index contributed by atoms with van der Waals surface area (Å²) in [6.07, 6.45) is 2.81. The maximum Gasteiger partial charge on any atom is 0.242 e. The van der Waals surface area contributed by atoms with Crippen molar-refractivity contribution < 1.29 is 26.8 Å². The molecule has 1 atom stereocenters. The van der Waals surface area contributed by atoms with Crippen molar-refractivity contribution in [1.82, 2.24) is 10.2 Å². The normalized spacial score (nSPS) is 12.2. The van der Waals surface area contributed by atoms with Gasteiger partial charge in [-0.05, 0) is 44.4 Å². The summed E-state index contributed by atoms with van der Waals surface area (Å²) in [6, 6.07) is 9.75. The van der Waals surface area contributed by atoms with E-state index in [2.05, 4.69) is 5.32 Å². The summed E-state index contributed by atoms with van der Waals surface area (Å²) in [5.74, 6) is -2.82. The second kappa shape index (κ2) is 13.3. The van der Waals surface area contributed by atoms with Gasteiger partial charge in [0, 0.05) is 32.1 Å². The monoisotopic (exact) mass is 523 g/mol. The van der Waals surface area contributed by atoms with Gasteiger partial charge in [0.05, 0.1) is 11.9 Å². The van der Waals surface area contributed by atoms with E-state index in [1.165, 1.54) is 11.0 Å². The van der Waals surface area contributed by atoms with Crippen LogP contribution in [0.25, 0.3) is 0 Å². The van der Waals surface area contributed by atoms with Gasteiger partial charge >= 0.3 is 0 Å². The van der Waals surface area contributed by atoms with Crippen molar-refractivity contribution in [2.24, 2.45) is 0 Å². The first-order valence-electron chi connectivity index (χ1n) is 12.0. The highest BCUT2D eigenvalue weighted by Gasteiger charge is 2.26. The SMILES string of the molecule is CCCCNC(=O)C(C)N(Cc1cccc(C)c1)C(=O)CCCN(c1ccc(F)c(F)c1)S(C)(=O)=O. The van der Waals surface area contributed by atoms with Crippen molar-refractivity contribution in [1.29, 1.82) is 0 Å². The van der Waals surface area contributed by atoms with Crippen LogP contribution in [0.15, 0.2) is 42.5 Å². The number of amides is 2. The number of halogens is 2. The minimum atomic E-state index is -3.81. The van der Waals surface area contributed by atoms with Crippen LogP contribution in [0.4, 0.5) is 14.5 Å². The van der Waals surface area contributed by atoms with Crippen LogP contribution in [0.1, 0.15) is 50.7 Å². The number of rotatable bonds is 13. The molecule has 0 aliphatic heterocycles. The molecule has 0 aromatic heterocycles. The van der Waals surface area contributed by atoms with Crippen molar-refractivity contribution in [3.63, 3.8) is 0 Å². The number of carbonyl (C=O) groups excluding carboxylic acids is 2. The van der Waals surface area contributed by atoms with Gasteiger partial charge in [0.25, 0.3) is 0 Å². The molecule has 0 aliphatic rings. The van der Waals surface area contributed by atoms with E-state index in [0.717, 1.165) is 46.7 Å². The fourth-order valence-electron chi connectivity index (χ4n) is 3.77. The third-order valence-corrected chi connectivity index (χ3v) is 6.97. The molecule has 2 amide bonds. The van der Waals surface area contributed by atoms with Gasteiger partial charge in [-0.25, -0.2) is 17.2 Å². The molecule has 36 heavy (non-hydrogen) atoms. The minimum absolute atomic E-state index is 0.0239. The molecule has 0 fully saturated rings. The summed E-state index contributed by atoms with van der Waals surface area (Å²) in [4.78, 5) is 27.4. The molecule has 198 valence electrons. The first-order valence-corrected chi connectivity index (χ1v) is 13.8. The number of aryl methyl sites for hydroxylation is 1. The van der Waals surface area contributed by atoms with E-state index in [0.29, 0.717) is 6.54 Å². The Morgan fingerprint density at radius 2 is 1.78 bits per heavy atom. The van der Waals surface area contributed by atoms with E-state index < -0.39 is 27.7 Å². The average Bonchev–Trinajstić information content (AvgIpc) is 2.81. The average molecular weight is 524 g/mol.